The van der Waals surface area contributed by atoms with E-state index in [1.54, 1.807) is 19.1 Å². The molecule has 1 fully saturated rings. The van der Waals surface area contributed by atoms with Gasteiger partial charge in [0.25, 0.3) is 0 Å². The molecule has 1 aliphatic rings. The summed E-state index contributed by atoms with van der Waals surface area (Å²) in [7, 11) is 0. The van der Waals surface area contributed by atoms with E-state index in [0.717, 1.165) is 19.3 Å². The number of anilines is 1. The number of carbonyl (C=O) groups excluding carboxylic acids is 1. The summed E-state index contributed by atoms with van der Waals surface area (Å²) in [5.41, 5.74) is 1.19. The first-order chi connectivity index (χ1) is 8.42. The van der Waals surface area contributed by atoms with E-state index in [1.165, 1.54) is 6.07 Å². The van der Waals surface area contributed by atoms with Crippen LogP contribution in [0.3, 0.4) is 0 Å². The third-order valence-corrected chi connectivity index (χ3v) is 3.73. The Kier molecular flexibility index (Phi) is 3.11. The summed E-state index contributed by atoms with van der Waals surface area (Å²) in [5, 5.41) is 11.8. The summed E-state index contributed by atoms with van der Waals surface area (Å²) in [4.78, 5) is 23.0. The Balaban J connectivity index is 2.17. The zero-order valence-electron chi connectivity index (χ0n) is 10.6. The van der Waals surface area contributed by atoms with Crippen LogP contribution in [0, 0.1) is 12.3 Å². The quantitative estimate of drug-likeness (QED) is 0.863. The minimum atomic E-state index is -0.974. The summed E-state index contributed by atoms with van der Waals surface area (Å²) < 4.78 is 0. The zero-order chi connectivity index (χ0) is 13.3. The zero-order valence-corrected chi connectivity index (χ0v) is 10.6. The highest BCUT2D eigenvalue weighted by Gasteiger charge is 2.39. The molecule has 2 N–H and O–H groups in total. The number of rotatable bonds is 3. The lowest BCUT2D eigenvalue weighted by Crippen LogP contribution is -2.39. The van der Waals surface area contributed by atoms with Gasteiger partial charge in [-0.2, -0.15) is 0 Å². The molecule has 0 heterocycles. The van der Waals surface area contributed by atoms with Crippen molar-refractivity contribution in [1.29, 1.82) is 0 Å². The van der Waals surface area contributed by atoms with Crippen LogP contribution in [0.4, 0.5) is 5.69 Å². The number of benzene rings is 1. The molecule has 0 spiro atoms. The van der Waals surface area contributed by atoms with Crippen molar-refractivity contribution in [3.63, 3.8) is 0 Å². The molecule has 0 saturated heterocycles. The molecular weight excluding hydrogens is 230 g/mol. The van der Waals surface area contributed by atoms with Crippen molar-refractivity contribution in [1.82, 2.24) is 0 Å². The van der Waals surface area contributed by atoms with Crippen molar-refractivity contribution in [3.05, 3.63) is 29.3 Å². The molecule has 1 aromatic carbocycles. The first kappa shape index (κ1) is 12.6. The summed E-state index contributed by atoms with van der Waals surface area (Å²) in [6.45, 7) is 3.68. The fraction of sp³-hybridized carbons (Fsp3) is 0.429. The number of hydrogen-bond acceptors (Lipinski definition) is 2. The van der Waals surface area contributed by atoms with Crippen LogP contribution < -0.4 is 5.32 Å². The molecule has 2 rings (SSSR count). The van der Waals surface area contributed by atoms with Gasteiger partial charge in [-0.15, -0.1) is 0 Å². The monoisotopic (exact) mass is 247 g/mol. The van der Waals surface area contributed by atoms with E-state index >= 15 is 0 Å². The number of amides is 1. The van der Waals surface area contributed by atoms with Gasteiger partial charge < -0.3 is 10.4 Å². The highest BCUT2D eigenvalue weighted by atomic mass is 16.4. The maximum atomic E-state index is 12.0. The predicted octanol–water partition coefficient (Wildman–Crippen LogP) is 2.82. The Labute approximate surface area is 106 Å². The van der Waals surface area contributed by atoms with Gasteiger partial charge in [0.2, 0.25) is 5.91 Å². The van der Waals surface area contributed by atoms with Gasteiger partial charge in [-0.3, -0.25) is 4.79 Å². The third-order valence-electron chi connectivity index (χ3n) is 3.73. The van der Waals surface area contributed by atoms with Gasteiger partial charge in [0.05, 0.1) is 5.56 Å². The fourth-order valence-corrected chi connectivity index (χ4v) is 2.15. The number of nitrogens with one attached hydrogen (secondary N) is 1. The van der Waals surface area contributed by atoms with Gasteiger partial charge in [-0.05, 0) is 37.5 Å². The second-order valence-corrected chi connectivity index (χ2v) is 5.20. The van der Waals surface area contributed by atoms with E-state index in [9.17, 15) is 9.59 Å². The van der Waals surface area contributed by atoms with Crippen LogP contribution in [0.15, 0.2) is 18.2 Å². The van der Waals surface area contributed by atoms with Crippen molar-refractivity contribution in [2.45, 2.75) is 33.1 Å². The van der Waals surface area contributed by atoms with Crippen LogP contribution in [0.5, 0.6) is 0 Å². The van der Waals surface area contributed by atoms with E-state index in [-0.39, 0.29) is 16.9 Å². The molecule has 1 amide bonds. The first-order valence-electron chi connectivity index (χ1n) is 6.08. The molecule has 0 aliphatic heterocycles. The third kappa shape index (κ3) is 2.23. The number of carboxylic acid groups (broad SMARTS) is 1. The fourth-order valence-electron chi connectivity index (χ4n) is 2.15. The molecule has 1 aliphatic carbocycles. The molecule has 1 aromatic rings. The van der Waals surface area contributed by atoms with Crippen molar-refractivity contribution < 1.29 is 14.7 Å². The smallest absolute Gasteiger partial charge is 0.336 e. The standard InChI is InChI=1S/C14H17NO3/c1-9-4-5-10(8-11(9)12(16)17)15-13(18)14(2)6-3-7-14/h4-5,8H,3,6-7H2,1-2H3,(H,15,18)(H,16,17). The molecule has 18 heavy (non-hydrogen) atoms. The van der Waals surface area contributed by atoms with Crippen molar-refractivity contribution in [3.8, 4) is 0 Å². The molecule has 0 aromatic heterocycles. The largest absolute Gasteiger partial charge is 0.478 e. The lowest BCUT2D eigenvalue weighted by Gasteiger charge is -2.36. The number of aromatic carboxylic acids is 1. The molecular formula is C14H17NO3. The molecule has 0 bridgehead atoms. The highest BCUT2D eigenvalue weighted by Crippen LogP contribution is 2.41. The Morgan fingerprint density at radius 1 is 1.33 bits per heavy atom. The summed E-state index contributed by atoms with van der Waals surface area (Å²) in [6, 6.07) is 4.96. The number of aryl methyl sites for hydroxylation is 1. The molecule has 96 valence electrons. The predicted molar refractivity (Wildman–Crippen MR) is 68.7 cm³/mol. The lowest BCUT2D eigenvalue weighted by atomic mass is 9.70. The van der Waals surface area contributed by atoms with Gasteiger partial charge in [0, 0.05) is 11.1 Å². The molecule has 0 unspecified atom stereocenters. The maximum Gasteiger partial charge on any atom is 0.336 e. The van der Waals surface area contributed by atoms with E-state index in [0.29, 0.717) is 11.3 Å². The molecule has 4 nitrogen and oxygen atoms in total. The van der Waals surface area contributed by atoms with E-state index < -0.39 is 5.97 Å². The average Bonchev–Trinajstić information content (AvgIpc) is 2.28. The van der Waals surface area contributed by atoms with E-state index in [4.69, 9.17) is 5.11 Å². The lowest BCUT2D eigenvalue weighted by molar-refractivity contribution is -0.128. The van der Waals surface area contributed by atoms with Crippen LogP contribution >= 0.6 is 0 Å². The number of carbonyl (C=O) groups is 2. The van der Waals surface area contributed by atoms with E-state index in [1.807, 2.05) is 6.92 Å². The highest BCUT2D eigenvalue weighted by molar-refractivity contribution is 5.97. The van der Waals surface area contributed by atoms with Crippen LogP contribution in [0.25, 0.3) is 0 Å². The van der Waals surface area contributed by atoms with Crippen LogP contribution in [0.1, 0.15) is 42.1 Å². The Morgan fingerprint density at radius 2 is 2.00 bits per heavy atom. The summed E-state index contributed by atoms with van der Waals surface area (Å²) in [5.74, 6) is -0.993. The average molecular weight is 247 g/mol. The Hall–Kier alpha value is -1.84. The number of hydrogen-bond donors (Lipinski definition) is 2. The van der Waals surface area contributed by atoms with Crippen molar-refractivity contribution in [2.75, 3.05) is 5.32 Å². The van der Waals surface area contributed by atoms with Crippen molar-refractivity contribution in [2.24, 2.45) is 5.41 Å². The normalized spacial score (nSPS) is 16.8. The SMILES string of the molecule is Cc1ccc(NC(=O)C2(C)CCC2)cc1C(=O)O. The van der Waals surface area contributed by atoms with Crippen LogP contribution in [-0.2, 0) is 4.79 Å². The summed E-state index contributed by atoms with van der Waals surface area (Å²) >= 11 is 0. The molecule has 0 atom stereocenters. The second kappa shape index (κ2) is 4.44. The maximum absolute atomic E-state index is 12.0. The minimum absolute atomic E-state index is 0.0195. The Morgan fingerprint density at radius 3 is 2.50 bits per heavy atom. The van der Waals surface area contributed by atoms with Crippen LogP contribution in [0.2, 0.25) is 0 Å². The van der Waals surface area contributed by atoms with Gasteiger partial charge >= 0.3 is 5.97 Å². The topological polar surface area (TPSA) is 66.4 Å². The van der Waals surface area contributed by atoms with E-state index in [2.05, 4.69) is 5.32 Å². The van der Waals surface area contributed by atoms with Gasteiger partial charge in [0.1, 0.15) is 0 Å². The van der Waals surface area contributed by atoms with Gasteiger partial charge in [-0.25, -0.2) is 4.79 Å². The number of carboxylic acids is 1. The second-order valence-electron chi connectivity index (χ2n) is 5.20. The van der Waals surface area contributed by atoms with Crippen molar-refractivity contribution >= 4 is 17.6 Å². The molecule has 0 radical (unpaired) electrons. The molecule has 4 heteroatoms. The van der Waals surface area contributed by atoms with Crippen LogP contribution in [-0.4, -0.2) is 17.0 Å². The Bertz CT molecular complexity index is 504. The minimum Gasteiger partial charge on any atom is -0.478 e. The van der Waals surface area contributed by atoms with Gasteiger partial charge in [0.15, 0.2) is 0 Å². The van der Waals surface area contributed by atoms with Gasteiger partial charge in [-0.1, -0.05) is 19.4 Å². The first-order valence-corrected chi connectivity index (χ1v) is 6.08. The summed E-state index contributed by atoms with van der Waals surface area (Å²) in [6.07, 6.45) is 2.88. The molecule has 1 saturated carbocycles.